The van der Waals surface area contributed by atoms with Crippen LogP contribution in [0.3, 0.4) is 0 Å². The minimum absolute atomic E-state index is 0.0201. The molecule has 0 aliphatic carbocycles. The molecular formula is C17H12F3N3O4S. The quantitative estimate of drug-likeness (QED) is 0.659. The second-order valence-electron chi connectivity index (χ2n) is 6.00. The molecule has 4 rings (SSSR count). The van der Waals surface area contributed by atoms with E-state index >= 15 is 0 Å². The highest BCUT2D eigenvalue weighted by molar-refractivity contribution is 7.90. The van der Waals surface area contributed by atoms with Gasteiger partial charge in [-0.25, -0.2) is 18.1 Å². The van der Waals surface area contributed by atoms with Crippen molar-refractivity contribution in [3.05, 3.63) is 48.3 Å². The van der Waals surface area contributed by atoms with Crippen molar-refractivity contribution in [3.63, 3.8) is 0 Å². The Morgan fingerprint density at radius 3 is 2.36 bits per heavy atom. The van der Waals surface area contributed by atoms with E-state index in [1.807, 2.05) is 0 Å². The lowest BCUT2D eigenvalue weighted by molar-refractivity contribution is -0.144. The van der Waals surface area contributed by atoms with Crippen molar-refractivity contribution in [1.29, 1.82) is 0 Å². The van der Waals surface area contributed by atoms with Gasteiger partial charge in [-0.3, -0.25) is 0 Å². The molecule has 1 aliphatic heterocycles. The van der Waals surface area contributed by atoms with E-state index in [4.69, 9.17) is 9.47 Å². The first kappa shape index (κ1) is 18.3. The third-order valence-electron chi connectivity index (χ3n) is 4.00. The summed E-state index contributed by atoms with van der Waals surface area (Å²) in [6.45, 7) is 0.0201. The summed E-state index contributed by atoms with van der Waals surface area (Å²) >= 11 is 0. The Morgan fingerprint density at radius 1 is 1.04 bits per heavy atom. The van der Waals surface area contributed by atoms with Crippen molar-refractivity contribution in [2.45, 2.75) is 11.1 Å². The largest absolute Gasteiger partial charge is 0.454 e. The van der Waals surface area contributed by atoms with E-state index in [1.165, 1.54) is 30.3 Å². The van der Waals surface area contributed by atoms with Gasteiger partial charge >= 0.3 is 6.18 Å². The normalized spacial score (nSPS) is 13.7. The highest BCUT2D eigenvalue weighted by atomic mass is 32.2. The number of rotatable bonds is 3. The molecule has 2 aromatic carbocycles. The molecule has 3 aromatic rings. The molecule has 28 heavy (non-hydrogen) atoms. The predicted octanol–water partition coefficient (Wildman–Crippen LogP) is 3.09. The van der Waals surface area contributed by atoms with Gasteiger partial charge in [0.1, 0.15) is 0 Å². The van der Waals surface area contributed by atoms with Gasteiger partial charge < -0.3 is 9.47 Å². The van der Waals surface area contributed by atoms with Gasteiger partial charge in [0.15, 0.2) is 27.2 Å². The Morgan fingerprint density at radius 2 is 1.71 bits per heavy atom. The van der Waals surface area contributed by atoms with Crippen LogP contribution in [0.4, 0.5) is 13.2 Å². The van der Waals surface area contributed by atoms with Crippen LogP contribution >= 0.6 is 0 Å². The maximum absolute atomic E-state index is 13.2. The van der Waals surface area contributed by atoms with Crippen LogP contribution in [0, 0.1) is 0 Å². The molecule has 0 N–H and O–H groups in total. The van der Waals surface area contributed by atoms with E-state index in [0.717, 1.165) is 10.9 Å². The van der Waals surface area contributed by atoms with Crippen molar-refractivity contribution < 1.29 is 31.1 Å². The molecule has 7 nitrogen and oxygen atoms in total. The molecular weight excluding hydrogens is 399 g/mol. The van der Waals surface area contributed by atoms with Crippen LogP contribution in [-0.4, -0.2) is 36.2 Å². The Bertz CT molecular complexity index is 1160. The number of nitrogens with zero attached hydrogens (tertiary/aromatic N) is 3. The number of benzene rings is 2. The van der Waals surface area contributed by atoms with Crippen molar-refractivity contribution >= 4 is 9.84 Å². The number of sulfone groups is 1. The van der Waals surface area contributed by atoms with E-state index in [1.54, 1.807) is 12.1 Å². The molecule has 0 unspecified atom stereocenters. The number of alkyl halides is 3. The fourth-order valence-corrected chi connectivity index (χ4v) is 3.30. The molecule has 0 bridgehead atoms. The SMILES string of the molecule is CS(=O)(=O)c1ccc(-n2nc(C(F)(F)F)nc2-c2ccc3c(c2)OCO3)cc1. The molecule has 11 heteroatoms. The van der Waals surface area contributed by atoms with E-state index < -0.39 is 21.8 Å². The summed E-state index contributed by atoms with van der Waals surface area (Å²) in [7, 11) is -3.44. The summed E-state index contributed by atoms with van der Waals surface area (Å²) in [4.78, 5) is 3.68. The minimum Gasteiger partial charge on any atom is -0.454 e. The second kappa shape index (κ2) is 6.23. The molecule has 1 aromatic heterocycles. The lowest BCUT2D eigenvalue weighted by Gasteiger charge is -2.07. The molecule has 146 valence electrons. The zero-order valence-electron chi connectivity index (χ0n) is 14.3. The average molecular weight is 411 g/mol. The first-order valence-electron chi connectivity index (χ1n) is 7.88. The fourth-order valence-electron chi connectivity index (χ4n) is 2.67. The summed E-state index contributed by atoms with van der Waals surface area (Å²) in [6, 6.07) is 9.93. The van der Waals surface area contributed by atoms with Crippen molar-refractivity contribution in [2.24, 2.45) is 0 Å². The average Bonchev–Trinajstić information content (AvgIpc) is 3.27. The van der Waals surface area contributed by atoms with Gasteiger partial charge in [0.25, 0.3) is 5.82 Å². The van der Waals surface area contributed by atoms with E-state index in [-0.39, 0.29) is 23.2 Å². The maximum atomic E-state index is 13.2. The van der Waals surface area contributed by atoms with Crippen LogP contribution in [0.25, 0.3) is 17.1 Å². The van der Waals surface area contributed by atoms with Gasteiger partial charge in [-0.1, -0.05) is 0 Å². The fraction of sp³-hybridized carbons (Fsp3) is 0.176. The molecule has 0 atom stereocenters. The van der Waals surface area contributed by atoms with Crippen molar-refractivity contribution in [2.75, 3.05) is 13.0 Å². The van der Waals surface area contributed by atoms with Crippen LogP contribution in [0.15, 0.2) is 47.4 Å². The van der Waals surface area contributed by atoms with Gasteiger partial charge in [-0.05, 0) is 42.5 Å². The van der Waals surface area contributed by atoms with Crippen LogP contribution in [0.5, 0.6) is 11.5 Å². The molecule has 2 heterocycles. The molecule has 0 radical (unpaired) electrons. The highest BCUT2D eigenvalue weighted by Gasteiger charge is 2.37. The lowest BCUT2D eigenvalue weighted by atomic mass is 10.2. The van der Waals surface area contributed by atoms with Crippen molar-refractivity contribution in [3.8, 4) is 28.6 Å². The monoisotopic (exact) mass is 411 g/mol. The first-order chi connectivity index (χ1) is 13.1. The lowest BCUT2D eigenvalue weighted by Crippen LogP contribution is -2.08. The van der Waals surface area contributed by atoms with Gasteiger partial charge in [-0.15, -0.1) is 5.10 Å². The Labute approximate surface area is 157 Å². The highest BCUT2D eigenvalue weighted by Crippen LogP contribution is 2.37. The van der Waals surface area contributed by atoms with Crippen LogP contribution in [0.2, 0.25) is 0 Å². The standard InChI is InChI=1S/C17H12F3N3O4S/c1-28(24,25)12-5-3-11(4-6-12)23-15(21-16(22-23)17(18,19)20)10-2-7-13-14(8-10)27-9-26-13/h2-8H,9H2,1H3. The molecule has 0 fully saturated rings. The van der Waals surface area contributed by atoms with Crippen LogP contribution in [0.1, 0.15) is 5.82 Å². The molecule has 0 spiro atoms. The Kier molecular flexibility index (Phi) is 4.07. The Balaban J connectivity index is 1.86. The van der Waals surface area contributed by atoms with Gasteiger partial charge in [0.2, 0.25) is 6.79 Å². The smallest absolute Gasteiger partial charge is 0.453 e. The number of halogens is 3. The number of hydrogen-bond acceptors (Lipinski definition) is 6. The van der Waals surface area contributed by atoms with Gasteiger partial charge in [0, 0.05) is 11.8 Å². The summed E-state index contributed by atoms with van der Waals surface area (Å²) in [6.07, 6.45) is -3.71. The molecule has 0 saturated carbocycles. The van der Waals surface area contributed by atoms with Gasteiger partial charge in [-0.2, -0.15) is 13.2 Å². The molecule has 0 amide bonds. The summed E-state index contributed by atoms with van der Waals surface area (Å²) in [5.74, 6) is -0.526. The summed E-state index contributed by atoms with van der Waals surface area (Å²) < 4.78 is 74.3. The Hall–Kier alpha value is -3.08. The summed E-state index contributed by atoms with van der Waals surface area (Å²) in [5, 5.41) is 3.57. The van der Waals surface area contributed by atoms with Gasteiger partial charge in [0.05, 0.1) is 10.6 Å². The number of hydrogen-bond donors (Lipinski definition) is 0. The molecule has 0 saturated heterocycles. The van der Waals surface area contributed by atoms with E-state index in [2.05, 4.69) is 10.1 Å². The predicted molar refractivity (Wildman–Crippen MR) is 91.0 cm³/mol. The molecule has 1 aliphatic rings. The van der Waals surface area contributed by atoms with Crippen LogP contribution < -0.4 is 9.47 Å². The maximum Gasteiger partial charge on any atom is 0.453 e. The van der Waals surface area contributed by atoms with Crippen molar-refractivity contribution in [1.82, 2.24) is 14.8 Å². The minimum atomic E-state index is -4.75. The zero-order chi connectivity index (χ0) is 20.1. The topological polar surface area (TPSA) is 83.3 Å². The van der Waals surface area contributed by atoms with Crippen LogP contribution in [-0.2, 0) is 16.0 Å². The first-order valence-corrected chi connectivity index (χ1v) is 9.77. The second-order valence-corrected chi connectivity index (χ2v) is 8.02. The zero-order valence-corrected chi connectivity index (χ0v) is 15.1. The van der Waals surface area contributed by atoms with E-state index in [9.17, 15) is 21.6 Å². The number of aromatic nitrogens is 3. The third kappa shape index (κ3) is 3.28. The third-order valence-corrected chi connectivity index (χ3v) is 5.13. The number of ether oxygens (including phenoxy) is 2. The summed E-state index contributed by atoms with van der Waals surface area (Å²) in [5.41, 5.74) is 0.558. The number of fused-ring (bicyclic) bond motifs is 1. The van der Waals surface area contributed by atoms with E-state index in [0.29, 0.717) is 17.1 Å².